The molecule has 5 heteroatoms. The summed E-state index contributed by atoms with van der Waals surface area (Å²) in [5.74, 6) is -1.90. The van der Waals surface area contributed by atoms with Crippen LogP contribution < -0.4 is 0 Å². The Morgan fingerprint density at radius 3 is 2.50 bits per heavy atom. The van der Waals surface area contributed by atoms with Crippen LogP contribution in [0.4, 0.5) is 0 Å². The summed E-state index contributed by atoms with van der Waals surface area (Å²) in [6.45, 7) is 1.91. The lowest BCUT2D eigenvalue weighted by molar-refractivity contribution is -0.156. The van der Waals surface area contributed by atoms with Crippen molar-refractivity contribution >= 4 is 23.5 Å². The molecule has 0 radical (unpaired) electrons. The number of carbonyl (C=O) groups is 2. The first-order valence-electron chi connectivity index (χ1n) is 6.66. The highest BCUT2D eigenvalue weighted by atomic mass is 35.5. The minimum Gasteiger partial charge on any atom is -0.481 e. The first-order valence-corrected chi connectivity index (χ1v) is 7.04. The van der Waals surface area contributed by atoms with E-state index in [0.29, 0.717) is 17.9 Å². The van der Waals surface area contributed by atoms with Gasteiger partial charge in [-0.2, -0.15) is 0 Å². The fourth-order valence-corrected chi connectivity index (χ4v) is 2.73. The van der Waals surface area contributed by atoms with Crippen molar-refractivity contribution in [2.24, 2.45) is 11.8 Å². The Balaban J connectivity index is 2.09. The topological polar surface area (TPSA) is 57.6 Å². The van der Waals surface area contributed by atoms with Gasteiger partial charge in [0.25, 0.3) is 0 Å². The summed E-state index contributed by atoms with van der Waals surface area (Å²) < 4.78 is 0. The maximum Gasteiger partial charge on any atom is 0.307 e. The summed E-state index contributed by atoms with van der Waals surface area (Å²) in [5.41, 5.74) is 0.944. The van der Waals surface area contributed by atoms with Crippen molar-refractivity contribution in [1.82, 2.24) is 4.90 Å². The lowest BCUT2D eigenvalue weighted by atomic mass is 9.72. The molecule has 2 rings (SSSR count). The molecule has 20 heavy (non-hydrogen) atoms. The number of rotatable bonds is 4. The quantitative estimate of drug-likeness (QED) is 0.929. The Labute approximate surface area is 123 Å². The van der Waals surface area contributed by atoms with Gasteiger partial charge in [-0.1, -0.05) is 23.7 Å². The van der Waals surface area contributed by atoms with Crippen LogP contribution in [0.1, 0.15) is 31.4 Å². The highest BCUT2D eigenvalue weighted by Crippen LogP contribution is 2.37. The molecule has 0 saturated heterocycles. The van der Waals surface area contributed by atoms with E-state index in [1.807, 2.05) is 25.1 Å². The summed E-state index contributed by atoms with van der Waals surface area (Å²) in [6, 6.07) is 7.24. The van der Waals surface area contributed by atoms with Crippen LogP contribution >= 0.6 is 11.6 Å². The minimum atomic E-state index is -0.876. The minimum absolute atomic E-state index is 0.101. The maximum atomic E-state index is 12.4. The van der Waals surface area contributed by atoms with Crippen molar-refractivity contribution in [2.45, 2.75) is 25.8 Å². The number of aliphatic carboxylic acids is 1. The molecule has 3 unspecified atom stereocenters. The number of carbonyl (C=O) groups excluding carboxylic acids is 1. The van der Waals surface area contributed by atoms with Gasteiger partial charge in [0.15, 0.2) is 0 Å². The summed E-state index contributed by atoms with van der Waals surface area (Å²) in [5, 5.41) is 9.67. The van der Waals surface area contributed by atoms with Crippen LogP contribution in [-0.2, 0) is 9.59 Å². The molecule has 0 heterocycles. The third-order valence-electron chi connectivity index (χ3n) is 4.17. The lowest BCUT2D eigenvalue weighted by Gasteiger charge is -2.37. The van der Waals surface area contributed by atoms with Crippen LogP contribution in [0.15, 0.2) is 24.3 Å². The van der Waals surface area contributed by atoms with Gasteiger partial charge in [0.1, 0.15) is 0 Å². The summed E-state index contributed by atoms with van der Waals surface area (Å²) in [6.07, 6.45) is 1.24. The van der Waals surface area contributed by atoms with E-state index in [4.69, 9.17) is 16.7 Å². The molecule has 1 N–H and O–H groups in total. The van der Waals surface area contributed by atoms with Crippen molar-refractivity contribution in [3.63, 3.8) is 0 Å². The van der Waals surface area contributed by atoms with Gasteiger partial charge in [-0.15, -0.1) is 0 Å². The second kappa shape index (κ2) is 5.83. The fourth-order valence-electron chi connectivity index (χ4n) is 2.53. The molecule has 0 aliphatic heterocycles. The third kappa shape index (κ3) is 2.80. The van der Waals surface area contributed by atoms with Crippen LogP contribution in [-0.4, -0.2) is 28.9 Å². The molecule has 1 aliphatic carbocycles. The number of hydrogen-bond donors (Lipinski definition) is 1. The lowest BCUT2D eigenvalue weighted by Crippen LogP contribution is -2.45. The third-order valence-corrected chi connectivity index (χ3v) is 4.40. The molecule has 1 amide bonds. The van der Waals surface area contributed by atoms with Crippen LogP contribution in [0.3, 0.4) is 0 Å². The number of hydrogen-bond acceptors (Lipinski definition) is 2. The predicted octanol–water partition coefficient (Wildman–Crippen LogP) is 2.97. The fraction of sp³-hybridized carbons (Fsp3) is 0.467. The molecule has 1 fully saturated rings. The Morgan fingerprint density at radius 1 is 1.35 bits per heavy atom. The zero-order valence-corrected chi connectivity index (χ0v) is 12.3. The molecule has 1 aromatic rings. The molecule has 108 valence electrons. The number of halogens is 1. The number of nitrogens with zero attached hydrogens (tertiary/aromatic N) is 1. The van der Waals surface area contributed by atoms with Gasteiger partial charge in [0.2, 0.25) is 5.91 Å². The first-order chi connectivity index (χ1) is 9.41. The van der Waals surface area contributed by atoms with Crippen LogP contribution in [0.5, 0.6) is 0 Å². The average molecular weight is 296 g/mol. The van der Waals surface area contributed by atoms with Crippen molar-refractivity contribution in [3.05, 3.63) is 34.9 Å². The van der Waals surface area contributed by atoms with Crippen molar-refractivity contribution < 1.29 is 14.7 Å². The average Bonchev–Trinajstić information content (AvgIpc) is 2.34. The van der Waals surface area contributed by atoms with E-state index in [2.05, 4.69) is 0 Å². The van der Waals surface area contributed by atoms with Gasteiger partial charge in [-0.3, -0.25) is 9.59 Å². The molecular formula is C15H18ClNO3. The van der Waals surface area contributed by atoms with E-state index in [0.717, 1.165) is 5.56 Å². The molecule has 0 aromatic heterocycles. The molecule has 4 nitrogen and oxygen atoms in total. The van der Waals surface area contributed by atoms with E-state index < -0.39 is 11.9 Å². The van der Waals surface area contributed by atoms with Gasteiger partial charge in [-0.25, -0.2) is 0 Å². The highest BCUT2D eigenvalue weighted by molar-refractivity contribution is 6.30. The van der Waals surface area contributed by atoms with Gasteiger partial charge >= 0.3 is 5.97 Å². The Bertz CT molecular complexity index is 532. The molecule has 3 atom stereocenters. The summed E-state index contributed by atoms with van der Waals surface area (Å²) in [7, 11) is 1.71. The van der Waals surface area contributed by atoms with Crippen LogP contribution in [0.25, 0.3) is 0 Å². The molecule has 1 saturated carbocycles. The van der Waals surface area contributed by atoms with E-state index in [1.165, 1.54) is 0 Å². The Morgan fingerprint density at radius 2 is 2.00 bits per heavy atom. The second-order valence-electron chi connectivity index (χ2n) is 5.31. The molecule has 1 aromatic carbocycles. The SMILES string of the molecule is CC(c1cccc(Cl)c1)N(C)C(=O)C1CCC1C(=O)O. The van der Waals surface area contributed by atoms with Gasteiger partial charge in [-0.05, 0) is 37.5 Å². The number of carboxylic acids is 1. The zero-order chi connectivity index (χ0) is 14.9. The number of benzene rings is 1. The summed E-state index contributed by atoms with van der Waals surface area (Å²) in [4.78, 5) is 25.0. The maximum absolute atomic E-state index is 12.4. The van der Waals surface area contributed by atoms with Crippen molar-refractivity contribution in [3.8, 4) is 0 Å². The van der Waals surface area contributed by atoms with Crippen LogP contribution in [0.2, 0.25) is 5.02 Å². The molecular weight excluding hydrogens is 278 g/mol. The van der Waals surface area contributed by atoms with Gasteiger partial charge in [0, 0.05) is 12.1 Å². The van der Waals surface area contributed by atoms with Crippen molar-refractivity contribution in [1.29, 1.82) is 0 Å². The molecule has 1 aliphatic rings. The van der Waals surface area contributed by atoms with E-state index in [1.54, 1.807) is 18.0 Å². The summed E-state index contributed by atoms with van der Waals surface area (Å²) >= 11 is 5.96. The standard InChI is InChI=1S/C15H18ClNO3/c1-9(10-4-3-5-11(16)8-10)17(2)14(18)12-6-7-13(12)15(19)20/h3-5,8-9,12-13H,6-7H2,1-2H3,(H,19,20). The Hall–Kier alpha value is -1.55. The normalized spacial score (nSPS) is 22.8. The van der Waals surface area contributed by atoms with Crippen LogP contribution in [0, 0.1) is 11.8 Å². The first kappa shape index (κ1) is 14.9. The smallest absolute Gasteiger partial charge is 0.307 e. The van der Waals surface area contributed by atoms with E-state index >= 15 is 0 Å². The predicted molar refractivity (Wildman–Crippen MR) is 76.5 cm³/mol. The zero-order valence-electron chi connectivity index (χ0n) is 11.5. The molecule has 0 spiro atoms. The molecule has 0 bridgehead atoms. The largest absolute Gasteiger partial charge is 0.481 e. The van der Waals surface area contributed by atoms with Crippen molar-refractivity contribution in [2.75, 3.05) is 7.05 Å². The van der Waals surface area contributed by atoms with E-state index in [9.17, 15) is 9.59 Å². The second-order valence-corrected chi connectivity index (χ2v) is 5.75. The Kier molecular flexibility index (Phi) is 4.33. The number of amides is 1. The van der Waals surface area contributed by atoms with Gasteiger partial charge < -0.3 is 10.0 Å². The monoisotopic (exact) mass is 295 g/mol. The van der Waals surface area contributed by atoms with E-state index in [-0.39, 0.29) is 17.9 Å². The number of carboxylic acid groups (broad SMARTS) is 1. The highest BCUT2D eigenvalue weighted by Gasteiger charge is 2.43. The van der Waals surface area contributed by atoms with Gasteiger partial charge in [0.05, 0.1) is 17.9 Å².